The molecule has 1 saturated heterocycles. The average Bonchev–Trinajstić information content (AvgIpc) is 3.13. The summed E-state index contributed by atoms with van der Waals surface area (Å²) in [6, 6.07) is 13.9. The maximum Gasteiger partial charge on any atom is 0.336 e. The van der Waals surface area contributed by atoms with Crippen molar-refractivity contribution in [3.8, 4) is 17.2 Å². The molecule has 1 aromatic heterocycles. The predicted octanol–water partition coefficient (Wildman–Crippen LogP) is 4.34. The van der Waals surface area contributed by atoms with Crippen LogP contribution in [0.25, 0.3) is 11.8 Å². The number of amides is 4. The lowest BCUT2D eigenvalue weighted by molar-refractivity contribution is -0.122. The number of para-hydroxylation sites is 1. The van der Waals surface area contributed by atoms with Gasteiger partial charge in [0.2, 0.25) is 0 Å². The highest BCUT2D eigenvalue weighted by Gasteiger charge is 2.38. The molecule has 180 valence electrons. The number of methoxy groups -OCH3 is 2. The van der Waals surface area contributed by atoms with E-state index in [1.54, 1.807) is 12.1 Å². The summed E-state index contributed by atoms with van der Waals surface area (Å²) in [4.78, 5) is 39.7. The van der Waals surface area contributed by atoms with E-state index in [9.17, 15) is 14.4 Å². The van der Waals surface area contributed by atoms with Crippen molar-refractivity contribution >= 4 is 29.6 Å². The first kappa shape index (κ1) is 23.8. The van der Waals surface area contributed by atoms with E-state index in [0.29, 0.717) is 11.3 Å². The fourth-order valence-electron chi connectivity index (χ4n) is 4.33. The molecule has 0 atom stereocenters. The highest BCUT2D eigenvalue weighted by atomic mass is 16.5. The Morgan fingerprint density at radius 3 is 2.37 bits per heavy atom. The number of aryl methyl sites for hydroxylation is 2. The molecule has 1 aliphatic heterocycles. The molecular formula is C27H27N3O5. The van der Waals surface area contributed by atoms with Crippen LogP contribution in [-0.4, -0.2) is 36.6 Å². The quantitative estimate of drug-likeness (QED) is 0.425. The topological polar surface area (TPSA) is 89.9 Å². The van der Waals surface area contributed by atoms with E-state index in [1.165, 1.54) is 31.9 Å². The molecule has 1 aliphatic rings. The van der Waals surface area contributed by atoms with Gasteiger partial charge in [-0.3, -0.25) is 14.9 Å². The predicted molar refractivity (Wildman–Crippen MR) is 133 cm³/mol. The van der Waals surface area contributed by atoms with Crippen LogP contribution in [0.4, 0.5) is 10.5 Å². The highest BCUT2D eigenvalue weighted by Crippen LogP contribution is 2.34. The van der Waals surface area contributed by atoms with Crippen molar-refractivity contribution in [3.05, 3.63) is 76.6 Å². The van der Waals surface area contributed by atoms with Crippen LogP contribution in [0.3, 0.4) is 0 Å². The van der Waals surface area contributed by atoms with Crippen molar-refractivity contribution < 1.29 is 23.9 Å². The minimum atomic E-state index is -0.844. The number of rotatable bonds is 6. The van der Waals surface area contributed by atoms with Gasteiger partial charge in [-0.1, -0.05) is 25.1 Å². The molecule has 8 nitrogen and oxygen atoms in total. The number of nitrogens with zero attached hydrogens (tertiary/aromatic N) is 2. The van der Waals surface area contributed by atoms with E-state index >= 15 is 0 Å². The lowest BCUT2D eigenvalue weighted by Crippen LogP contribution is -2.54. The third kappa shape index (κ3) is 4.19. The molecule has 1 N–H and O–H groups in total. The van der Waals surface area contributed by atoms with Crippen LogP contribution in [0.15, 0.2) is 54.1 Å². The Hall–Kier alpha value is -4.33. The van der Waals surface area contributed by atoms with Crippen LogP contribution in [0.2, 0.25) is 0 Å². The third-order valence-corrected chi connectivity index (χ3v) is 6.11. The fraction of sp³-hybridized carbons (Fsp3) is 0.222. The van der Waals surface area contributed by atoms with Gasteiger partial charge in [0.05, 0.1) is 19.9 Å². The molecular weight excluding hydrogens is 446 g/mol. The third-order valence-electron chi connectivity index (χ3n) is 6.11. The lowest BCUT2D eigenvalue weighted by atomic mass is 10.1. The van der Waals surface area contributed by atoms with E-state index in [1.807, 2.05) is 38.1 Å². The molecule has 4 amide bonds. The zero-order valence-corrected chi connectivity index (χ0v) is 20.3. The van der Waals surface area contributed by atoms with Gasteiger partial charge in [-0.25, -0.2) is 9.69 Å². The number of nitrogens with one attached hydrogen (secondary N) is 1. The van der Waals surface area contributed by atoms with Gasteiger partial charge in [0.25, 0.3) is 11.8 Å². The van der Waals surface area contributed by atoms with Gasteiger partial charge in [-0.15, -0.1) is 0 Å². The maximum absolute atomic E-state index is 13.4. The van der Waals surface area contributed by atoms with Crippen molar-refractivity contribution in [2.75, 3.05) is 19.1 Å². The smallest absolute Gasteiger partial charge is 0.336 e. The normalized spacial score (nSPS) is 14.9. The Morgan fingerprint density at radius 2 is 1.69 bits per heavy atom. The molecule has 3 aromatic rings. The van der Waals surface area contributed by atoms with Gasteiger partial charge in [0, 0.05) is 23.1 Å². The Kier molecular flexibility index (Phi) is 6.46. The molecule has 2 aromatic carbocycles. The molecule has 2 heterocycles. The van der Waals surface area contributed by atoms with Gasteiger partial charge >= 0.3 is 6.03 Å². The monoisotopic (exact) mass is 473 g/mol. The summed E-state index contributed by atoms with van der Waals surface area (Å²) < 4.78 is 12.7. The number of barbiturate groups is 1. The van der Waals surface area contributed by atoms with Crippen LogP contribution in [-0.2, 0) is 16.0 Å². The SMILES string of the molecule is CCc1ccccc1-n1c(C)cc(/C=C2\C(=O)NC(=O)N(c3ccc(OC)cc3OC)C2=O)c1C. The number of hydrogen-bond acceptors (Lipinski definition) is 5. The van der Waals surface area contributed by atoms with Gasteiger partial charge in [-0.05, 0) is 61.7 Å². The molecule has 4 rings (SSSR count). The minimum absolute atomic E-state index is 0.147. The van der Waals surface area contributed by atoms with Crippen molar-refractivity contribution in [2.45, 2.75) is 27.2 Å². The summed E-state index contributed by atoms with van der Waals surface area (Å²) in [7, 11) is 2.93. The first-order valence-electron chi connectivity index (χ1n) is 11.2. The van der Waals surface area contributed by atoms with Crippen LogP contribution >= 0.6 is 0 Å². The Balaban J connectivity index is 1.79. The number of carbonyl (C=O) groups is 3. The molecule has 0 aliphatic carbocycles. The number of aromatic nitrogens is 1. The maximum atomic E-state index is 13.4. The van der Waals surface area contributed by atoms with Crippen molar-refractivity contribution in [1.82, 2.24) is 9.88 Å². The Bertz CT molecular complexity index is 1370. The standard InChI is InChI=1S/C27H27N3O5/c1-6-18-9-7-8-10-22(18)29-16(2)13-19(17(29)3)14-21-25(31)28-27(33)30(26(21)32)23-12-11-20(34-4)15-24(23)35-5/h7-15H,6H2,1-5H3,(H,28,31,33)/b21-14+. The summed E-state index contributed by atoms with van der Waals surface area (Å²) in [5, 5.41) is 2.26. The summed E-state index contributed by atoms with van der Waals surface area (Å²) in [5.41, 5.74) is 4.84. The second-order valence-electron chi connectivity index (χ2n) is 8.14. The van der Waals surface area contributed by atoms with E-state index in [4.69, 9.17) is 9.47 Å². The second kappa shape index (κ2) is 9.50. The van der Waals surface area contributed by atoms with Crippen LogP contribution in [0, 0.1) is 13.8 Å². The molecule has 0 unspecified atom stereocenters. The highest BCUT2D eigenvalue weighted by molar-refractivity contribution is 6.39. The van der Waals surface area contributed by atoms with E-state index in [-0.39, 0.29) is 17.0 Å². The largest absolute Gasteiger partial charge is 0.497 e. The Labute approximate surface area is 203 Å². The van der Waals surface area contributed by atoms with E-state index in [2.05, 4.69) is 22.9 Å². The van der Waals surface area contributed by atoms with Gasteiger partial charge in [-0.2, -0.15) is 0 Å². The van der Waals surface area contributed by atoms with Gasteiger partial charge in [0.15, 0.2) is 0 Å². The lowest BCUT2D eigenvalue weighted by Gasteiger charge is -2.27. The van der Waals surface area contributed by atoms with Gasteiger partial charge < -0.3 is 14.0 Å². The first-order valence-corrected chi connectivity index (χ1v) is 11.2. The van der Waals surface area contributed by atoms with E-state index in [0.717, 1.165) is 28.4 Å². The molecule has 0 bridgehead atoms. The van der Waals surface area contributed by atoms with Crippen molar-refractivity contribution in [3.63, 3.8) is 0 Å². The number of urea groups is 1. The zero-order chi connectivity index (χ0) is 25.3. The summed E-state index contributed by atoms with van der Waals surface area (Å²) in [5.74, 6) is -0.721. The fourth-order valence-corrected chi connectivity index (χ4v) is 4.33. The summed E-state index contributed by atoms with van der Waals surface area (Å²) in [6.45, 7) is 6.01. The minimum Gasteiger partial charge on any atom is -0.497 e. The van der Waals surface area contributed by atoms with Crippen molar-refractivity contribution in [1.29, 1.82) is 0 Å². The second-order valence-corrected chi connectivity index (χ2v) is 8.14. The zero-order valence-electron chi connectivity index (χ0n) is 20.3. The number of carbonyl (C=O) groups excluding carboxylic acids is 3. The van der Waals surface area contributed by atoms with E-state index < -0.39 is 17.8 Å². The number of ether oxygens (including phenoxy) is 2. The summed E-state index contributed by atoms with van der Waals surface area (Å²) in [6.07, 6.45) is 2.39. The summed E-state index contributed by atoms with van der Waals surface area (Å²) >= 11 is 0. The van der Waals surface area contributed by atoms with Gasteiger partial charge in [0.1, 0.15) is 17.1 Å². The van der Waals surface area contributed by atoms with Crippen LogP contribution in [0.5, 0.6) is 11.5 Å². The first-order chi connectivity index (χ1) is 16.8. The Morgan fingerprint density at radius 1 is 0.943 bits per heavy atom. The number of anilines is 1. The number of imide groups is 2. The molecule has 8 heteroatoms. The molecule has 1 fully saturated rings. The number of benzene rings is 2. The molecule has 0 radical (unpaired) electrons. The molecule has 0 spiro atoms. The van der Waals surface area contributed by atoms with Crippen LogP contribution < -0.4 is 19.7 Å². The van der Waals surface area contributed by atoms with Crippen molar-refractivity contribution in [2.24, 2.45) is 0 Å². The number of hydrogen-bond donors (Lipinski definition) is 1. The average molecular weight is 474 g/mol. The molecule has 0 saturated carbocycles. The molecule has 35 heavy (non-hydrogen) atoms. The van der Waals surface area contributed by atoms with Crippen LogP contribution in [0.1, 0.15) is 29.4 Å².